The number of nitrogens with zero attached hydrogens (tertiary/aromatic N) is 5. The van der Waals surface area contributed by atoms with Crippen LogP contribution in [0, 0.1) is 23.0 Å². The van der Waals surface area contributed by atoms with Crippen molar-refractivity contribution in [2.45, 2.75) is 6.92 Å². The molecule has 154 valence electrons. The zero-order valence-electron chi connectivity index (χ0n) is 16.5. The number of nitriles is 1. The maximum atomic E-state index is 14.3. The van der Waals surface area contributed by atoms with E-state index in [1.807, 2.05) is 35.9 Å². The lowest BCUT2D eigenvalue weighted by Crippen LogP contribution is -2.23. The van der Waals surface area contributed by atoms with E-state index in [4.69, 9.17) is 0 Å². The second kappa shape index (κ2) is 8.08. The Morgan fingerprint density at radius 3 is 2.68 bits per heavy atom. The van der Waals surface area contributed by atoms with Gasteiger partial charge in [0.2, 0.25) is 5.91 Å². The van der Waals surface area contributed by atoms with Crippen LogP contribution in [-0.2, 0) is 11.8 Å². The first-order valence-corrected chi connectivity index (χ1v) is 10.0. The van der Waals surface area contributed by atoms with Gasteiger partial charge >= 0.3 is 0 Å². The smallest absolute Gasteiger partial charge is 0.230 e. The summed E-state index contributed by atoms with van der Waals surface area (Å²) in [5.74, 6) is -1.62. The van der Waals surface area contributed by atoms with Crippen LogP contribution in [0.25, 0.3) is 22.7 Å². The molecule has 0 bridgehead atoms. The van der Waals surface area contributed by atoms with E-state index in [1.54, 1.807) is 11.5 Å². The molecule has 0 aliphatic carbocycles. The lowest BCUT2D eigenvalue weighted by atomic mass is 10.2. The second-order valence-electron chi connectivity index (χ2n) is 6.66. The Hall–Kier alpha value is -3.90. The van der Waals surface area contributed by atoms with Crippen LogP contribution in [0.15, 0.2) is 47.8 Å². The Morgan fingerprint density at radius 2 is 2.00 bits per heavy atom. The molecule has 0 aliphatic rings. The Balaban J connectivity index is 1.74. The van der Waals surface area contributed by atoms with Crippen LogP contribution >= 0.6 is 11.3 Å². The fourth-order valence-corrected chi connectivity index (χ4v) is 4.03. The molecule has 0 unspecified atom stereocenters. The molecule has 0 saturated heterocycles. The number of fused-ring (bicyclic) bond motifs is 1. The van der Waals surface area contributed by atoms with Gasteiger partial charge in [-0.1, -0.05) is 12.1 Å². The van der Waals surface area contributed by atoms with E-state index in [2.05, 4.69) is 16.0 Å². The van der Waals surface area contributed by atoms with Crippen LogP contribution in [0.2, 0.25) is 0 Å². The summed E-state index contributed by atoms with van der Waals surface area (Å²) >= 11 is 1.10. The molecule has 0 fully saturated rings. The number of thiazole rings is 1. The number of carbonyl (C=O) groups excluding carboxylic acids is 1. The Labute approximate surface area is 180 Å². The van der Waals surface area contributed by atoms with Crippen LogP contribution in [0.3, 0.4) is 0 Å². The number of para-hydroxylation sites is 2. The van der Waals surface area contributed by atoms with Gasteiger partial charge in [-0.05, 0) is 30.3 Å². The number of benzene rings is 2. The molecule has 31 heavy (non-hydrogen) atoms. The predicted octanol–water partition coefficient (Wildman–Crippen LogP) is 5.06. The summed E-state index contributed by atoms with van der Waals surface area (Å²) in [5.41, 5.74) is 2.24. The normalized spacial score (nSPS) is 11.5. The number of allylic oxidation sites excluding steroid dienone is 1. The highest BCUT2D eigenvalue weighted by Crippen LogP contribution is 2.32. The van der Waals surface area contributed by atoms with Gasteiger partial charge in [-0.2, -0.15) is 5.26 Å². The minimum absolute atomic E-state index is 0.102. The first kappa shape index (κ1) is 20.4. The Morgan fingerprint density at radius 1 is 1.23 bits per heavy atom. The number of rotatable bonds is 4. The third kappa shape index (κ3) is 3.81. The zero-order valence-corrected chi connectivity index (χ0v) is 17.3. The van der Waals surface area contributed by atoms with E-state index in [1.165, 1.54) is 13.0 Å². The van der Waals surface area contributed by atoms with E-state index >= 15 is 0 Å². The minimum atomic E-state index is -0.875. The first-order chi connectivity index (χ1) is 14.9. The van der Waals surface area contributed by atoms with Crippen molar-refractivity contribution in [1.29, 1.82) is 5.26 Å². The number of aromatic nitrogens is 3. The minimum Gasteiger partial charge on any atom is -0.326 e. The van der Waals surface area contributed by atoms with Crippen molar-refractivity contribution >= 4 is 50.7 Å². The van der Waals surface area contributed by atoms with Crippen molar-refractivity contribution < 1.29 is 13.6 Å². The predicted molar refractivity (Wildman–Crippen MR) is 115 cm³/mol. The van der Waals surface area contributed by atoms with Crippen LogP contribution in [-0.4, -0.2) is 20.4 Å². The van der Waals surface area contributed by atoms with Crippen molar-refractivity contribution in [3.8, 4) is 6.07 Å². The summed E-state index contributed by atoms with van der Waals surface area (Å²) in [6, 6.07) is 12.6. The number of carbonyl (C=O) groups is 1. The van der Waals surface area contributed by atoms with Crippen molar-refractivity contribution in [2.24, 2.45) is 7.05 Å². The average molecular weight is 435 g/mol. The van der Waals surface area contributed by atoms with E-state index in [0.717, 1.165) is 33.3 Å². The molecule has 2 aromatic carbocycles. The summed E-state index contributed by atoms with van der Waals surface area (Å²) in [6.07, 6.45) is 1.56. The molecule has 0 aliphatic heterocycles. The molecule has 0 N–H and O–H groups in total. The monoisotopic (exact) mass is 435 g/mol. The molecule has 2 aromatic heterocycles. The third-order valence-corrected chi connectivity index (χ3v) is 5.45. The SMILES string of the molecule is CC(=O)N(c1nc(/C=C(\C#N)c2nc3ccccc3n2C)cs1)c1ccc(F)cc1F. The number of halogens is 2. The van der Waals surface area contributed by atoms with Gasteiger partial charge in [0.05, 0.1) is 28.0 Å². The zero-order chi connectivity index (χ0) is 22.1. The van der Waals surface area contributed by atoms with Gasteiger partial charge in [0, 0.05) is 25.4 Å². The molecule has 6 nitrogen and oxygen atoms in total. The Kier molecular flexibility index (Phi) is 5.31. The van der Waals surface area contributed by atoms with Crippen molar-refractivity contribution in [3.05, 3.63) is 71.0 Å². The maximum Gasteiger partial charge on any atom is 0.230 e. The molecular formula is C22H15F2N5OS. The summed E-state index contributed by atoms with van der Waals surface area (Å²) in [5, 5.41) is 11.5. The topological polar surface area (TPSA) is 74.8 Å². The van der Waals surface area contributed by atoms with Gasteiger partial charge < -0.3 is 4.57 Å². The first-order valence-electron chi connectivity index (χ1n) is 9.14. The molecule has 2 heterocycles. The van der Waals surface area contributed by atoms with E-state index < -0.39 is 17.5 Å². The molecule has 4 rings (SSSR count). The van der Waals surface area contributed by atoms with Crippen LogP contribution in [0.5, 0.6) is 0 Å². The molecular weight excluding hydrogens is 420 g/mol. The van der Waals surface area contributed by atoms with Crippen molar-refractivity contribution in [3.63, 3.8) is 0 Å². The number of imidazole rings is 1. The average Bonchev–Trinajstić information content (AvgIpc) is 3.33. The highest BCUT2D eigenvalue weighted by molar-refractivity contribution is 7.14. The molecule has 9 heteroatoms. The highest BCUT2D eigenvalue weighted by atomic mass is 32.1. The second-order valence-corrected chi connectivity index (χ2v) is 7.49. The Bertz CT molecular complexity index is 1380. The summed E-state index contributed by atoms with van der Waals surface area (Å²) in [7, 11) is 1.82. The molecule has 0 radical (unpaired) electrons. The van der Waals surface area contributed by atoms with Gasteiger partial charge in [-0.15, -0.1) is 11.3 Å². The van der Waals surface area contributed by atoms with Gasteiger partial charge in [-0.25, -0.2) is 18.7 Å². The number of aryl methyl sites for hydroxylation is 1. The lowest BCUT2D eigenvalue weighted by Gasteiger charge is -2.18. The summed E-state index contributed by atoms with van der Waals surface area (Å²) in [6.45, 7) is 1.26. The van der Waals surface area contributed by atoms with Crippen LogP contribution in [0.1, 0.15) is 18.4 Å². The van der Waals surface area contributed by atoms with E-state index in [0.29, 0.717) is 17.6 Å². The van der Waals surface area contributed by atoms with Gasteiger partial charge in [0.1, 0.15) is 17.7 Å². The van der Waals surface area contributed by atoms with Crippen LogP contribution < -0.4 is 4.90 Å². The number of hydrogen-bond acceptors (Lipinski definition) is 5. The number of anilines is 2. The molecule has 4 aromatic rings. The van der Waals surface area contributed by atoms with Gasteiger partial charge in [0.25, 0.3) is 0 Å². The van der Waals surface area contributed by atoms with Crippen molar-refractivity contribution in [2.75, 3.05) is 4.90 Å². The third-order valence-electron chi connectivity index (χ3n) is 4.61. The molecule has 0 spiro atoms. The molecule has 0 saturated carbocycles. The van der Waals surface area contributed by atoms with E-state index in [9.17, 15) is 18.8 Å². The number of hydrogen-bond donors (Lipinski definition) is 0. The summed E-state index contributed by atoms with van der Waals surface area (Å²) < 4.78 is 29.3. The van der Waals surface area contributed by atoms with Gasteiger partial charge in [-0.3, -0.25) is 9.69 Å². The summed E-state index contributed by atoms with van der Waals surface area (Å²) in [4.78, 5) is 22.1. The van der Waals surface area contributed by atoms with Crippen molar-refractivity contribution in [1.82, 2.24) is 14.5 Å². The molecule has 1 amide bonds. The van der Waals surface area contributed by atoms with Gasteiger partial charge in [0.15, 0.2) is 11.0 Å². The lowest BCUT2D eigenvalue weighted by molar-refractivity contribution is -0.115. The largest absolute Gasteiger partial charge is 0.326 e. The standard InChI is InChI=1S/C22H15F2N5OS/c1-13(30)29(19-8-7-15(23)10-17(19)24)22-26-16(12-31-22)9-14(11-25)21-27-18-5-3-4-6-20(18)28(21)2/h3-10,12H,1-2H3/b14-9+. The van der Waals surface area contributed by atoms with Crippen LogP contribution in [0.4, 0.5) is 19.6 Å². The molecule has 0 atom stereocenters. The quantitative estimate of drug-likeness (QED) is 0.420. The highest BCUT2D eigenvalue weighted by Gasteiger charge is 2.22. The fraction of sp³-hybridized carbons (Fsp3) is 0.0909. The number of amides is 1. The fourth-order valence-electron chi connectivity index (χ4n) is 3.20. The maximum absolute atomic E-state index is 14.3. The van der Waals surface area contributed by atoms with E-state index in [-0.39, 0.29) is 16.4 Å².